The molecule has 0 unspecified atom stereocenters. The molecule has 1 aromatic carbocycles. The second kappa shape index (κ2) is 4.51. The Morgan fingerprint density at radius 1 is 1.26 bits per heavy atom. The third kappa shape index (κ3) is 2.13. The minimum atomic E-state index is 0.432. The molecule has 0 amide bonds. The lowest BCUT2D eigenvalue weighted by Gasteiger charge is -2.05. The Hall–Kier alpha value is -2.14. The molecule has 2 heterocycles. The molecular weight excluding hydrogens is 256 g/mol. The number of aryl methyl sites for hydroxylation is 1. The standard InChI is InChI=1S/C14H14N4S/c1-17-7-5-10(16-17)9-18-8-6-11-12(14(15)19)3-2-4-13(11)18/h2-8H,9H2,1H3,(H2,15,19). The summed E-state index contributed by atoms with van der Waals surface area (Å²) < 4.78 is 3.96. The Bertz CT molecular complexity index is 754. The van der Waals surface area contributed by atoms with Crippen molar-refractivity contribution in [1.29, 1.82) is 0 Å². The normalized spacial score (nSPS) is 11.0. The van der Waals surface area contributed by atoms with Crippen LogP contribution in [0.1, 0.15) is 11.3 Å². The molecular formula is C14H14N4S. The van der Waals surface area contributed by atoms with Crippen LogP contribution in [0.4, 0.5) is 0 Å². The average Bonchev–Trinajstić information content (AvgIpc) is 2.97. The van der Waals surface area contributed by atoms with Crippen molar-refractivity contribution < 1.29 is 0 Å². The zero-order chi connectivity index (χ0) is 13.4. The zero-order valence-corrected chi connectivity index (χ0v) is 11.4. The van der Waals surface area contributed by atoms with Gasteiger partial charge in [-0.25, -0.2) is 0 Å². The first-order valence-electron chi connectivity index (χ1n) is 6.01. The van der Waals surface area contributed by atoms with Gasteiger partial charge in [0.25, 0.3) is 0 Å². The van der Waals surface area contributed by atoms with E-state index in [0.717, 1.165) is 28.7 Å². The summed E-state index contributed by atoms with van der Waals surface area (Å²) in [6, 6.07) is 10.1. The number of nitrogens with zero attached hydrogens (tertiary/aromatic N) is 3. The summed E-state index contributed by atoms with van der Waals surface area (Å²) in [5.41, 5.74) is 8.82. The molecule has 3 aromatic rings. The smallest absolute Gasteiger partial charge is 0.104 e. The van der Waals surface area contributed by atoms with Gasteiger partial charge in [0.15, 0.2) is 0 Å². The fourth-order valence-corrected chi connectivity index (χ4v) is 2.48. The summed E-state index contributed by atoms with van der Waals surface area (Å²) in [4.78, 5) is 0.432. The molecule has 0 atom stereocenters. The fraction of sp³-hybridized carbons (Fsp3) is 0.143. The Morgan fingerprint density at radius 2 is 2.11 bits per heavy atom. The minimum Gasteiger partial charge on any atom is -0.389 e. The van der Waals surface area contributed by atoms with Crippen molar-refractivity contribution >= 4 is 28.1 Å². The zero-order valence-electron chi connectivity index (χ0n) is 10.6. The molecule has 2 aromatic heterocycles. The average molecular weight is 270 g/mol. The second-order valence-electron chi connectivity index (χ2n) is 4.53. The van der Waals surface area contributed by atoms with Crippen LogP contribution in [0.5, 0.6) is 0 Å². The Labute approximate surface area is 116 Å². The first-order valence-corrected chi connectivity index (χ1v) is 6.42. The number of fused-ring (bicyclic) bond motifs is 1. The maximum atomic E-state index is 5.75. The monoisotopic (exact) mass is 270 g/mol. The van der Waals surface area contributed by atoms with E-state index in [1.807, 2.05) is 48.4 Å². The topological polar surface area (TPSA) is 48.8 Å². The van der Waals surface area contributed by atoms with Gasteiger partial charge in [-0.15, -0.1) is 0 Å². The van der Waals surface area contributed by atoms with Gasteiger partial charge < -0.3 is 10.3 Å². The number of benzene rings is 1. The van der Waals surface area contributed by atoms with Gasteiger partial charge >= 0.3 is 0 Å². The SMILES string of the molecule is Cn1ccc(Cn2ccc3c(C(N)=S)cccc32)n1. The molecule has 0 fully saturated rings. The lowest BCUT2D eigenvalue weighted by atomic mass is 10.1. The van der Waals surface area contributed by atoms with Crippen LogP contribution in [-0.4, -0.2) is 19.3 Å². The maximum Gasteiger partial charge on any atom is 0.104 e. The molecule has 3 rings (SSSR count). The number of aromatic nitrogens is 3. The van der Waals surface area contributed by atoms with Gasteiger partial charge in [0.2, 0.25) is 0 Å². The first-order chi connectivity index (χ1) is 9.15. The van der Waals surface area contributed by atoms with Crippen LogP contribution < -0.4 is 5.73 Å². The molecule has 0 aliphatic carbocycles. The van der Waals surface area contributed by atoms with Crippen molar-refractivity contribution in [2.45, 2.75) is 6.54 Å². The summed E-state index contributed by atoms with van der Waals surface area (Å²) >= 11 is 5.08. The van der Waals surface area contributed by atoms with Crippen molar-refractivity contribution in [1.82, 2.24) is 14.3 Å². The highest BCUT2D eigenvalue weighted by atomic mass is 32.1. The van der Waals surface area contributed by atoms with E-state index >= 15 is 0 Å². The molecule has 19 heavy (non-hydrogen) atoms. The summed E-state index contributed by atoms with van der Waals surface area (Å²) in [6.07, 6.45) is 3.99. The van der Waals surface area contributed by atoms with Crippen molar-refractivity contribution in [3.8, 4) is 0 Å². The van der Waals surface area contributed by atoms with E-state index in [0.29, 0.717) is 4.99 Å². The molecule has 5 heteroatoms. The van der Waals surface area contributed by atoms with Crippen LogP contribution >= 0.6 is 12.2 Å². The van der Waals surface area contributed by atoms with Gasteiger partial charge in [0.05, 0.1) is 12.2 Å². The number of hydrogen-bond acceptors (Lipinski definition) is 2. The van der Waals surface area contributed by atoms with Gasteiger partial charge in [-0.05, 0) is 18.2 Å². The molecule has 0 saturated heterocycles. The largest absolute Gasteiger partial charge is 0.389 e. The van der Waals surface area contributed by atoms with Crippen LogP contribution in [0.3, 0.4) is 0 Å². The van der Waals surface area contributed by atoms with Crippen molar-refractivity contribution in [3.63, 3.8) is 0 Å². The van der Waals surface area contributed by atoms with Gasteiger partial charge in [0, 0.05) is 35.9 Å². The van der Waals surface area contributed by atoms with E-state index in [1.54, 1.807) is 0 Å². The quantitative estimate of drug-likeness (QED) is 0.741. The van der Waals surface area contributed by atoms with Gasteiger partial charge in [-0.3, -0.25) is 4.68 Å². The molecule has 0 aliphatic heterocycles. The molecule has 2 N–H and O–H groups in total. The molecule has 0 bridgehead atoms. The molecule has 0 aliphatic rings. The minimum absolute atomic E-state index is 0.432. The van der Waals surface area contributed by atoms with E-state index in [9.17, 15) is 0 Å². The summed E-state index contributed by atoms with van der Waals surface area (Å²) in [6.45, 7) is 0.741. The molecule has 0 spiro atoms. The predicted molar refractivity (Wildman–Crippen MR) is 80.1 cm³/mol. The summed E-state index contributed by atoms with van der Waals surface area (Å²) in [7, 11) is 1.92. The van der Waals surface area contributed by atoms with E-state index in [1.165, 1.54) is 0 Å². The van der Waals surface area contributed by atoms with Crippen molar-refractivity contribution in [2.75, 3.05) is 0 Å². The summed E-state index contributed by atoms with van der Waals surface area (Å²) in [5.74, 6) is 0. The van der Waals surface area contributed by atoms with Crippen LogP contribution in [0, 0.1) is 0 Å². The fourth-order valence-electron chi connectivity index (χ4n) is 2.30. The number of nitrogens with two attached hydrogens (primary N) is 1. The predicted octanol–water partition coefficient (Wildman–Crippen LogP) is 2.06. The van der Waals surface area contributed by atoms with E-state index in [4.69, 9.17) is 18.0 Å². The Kier molecular flexibility index (Phi) is 2.83. The van der Waals surface area contributed by atoms with Gasteiger partial charge in [-0.2, -0.15) is 5.10 Å². The van der Waals surface area contributed by atoms with Crippen LogP contribution in [0.15, 0.2) is 42.7 Å². The Morgan fingerprint density at radius 3 is 2.79 bits per heavy atom. The lowest BCUT2D eigenvalue weighted by Crippen LogP contribution is -2.09. The van der Waals surface area contributed by atoms with Gasteiger partial charge in [0.1, 0.15) is 4.99 Å². The van der Waals surface area contributed by atoms with Crippen molar-refractivity contribution in [2.24, 2.45) is 12.8 Å². The van der Waals surface area contributed by atoms with Crippen LogP contribution in [-0.2, 0) is 13.6 Å². The third-order valence-corrected chi connectivity index (χ3v) is 3.40. The highest BCUT2D eigenvalue weighted by Gasteiger charge is 2.08. The number of rotatable bonds is 3. The Balaban J connectivity index is 2.06. The van der Waals surface area contributed by atoms with Crippen LogP contribution in [0.25, 0.3) is 10.9 Å². The third-order valence-electron chi connectivity index (χ3n) is 3.18. The highest BCUT2D eigenvalue weighted by molar-refractivity contribution is 7.80. The molecule has 4 nitrogen and oxygen atoms in total. The molecule has 0 saturated carbocycles. The maximum absolute atomic E-state index is 5.75. The van der Waals surface area contributed by atoms with E-state index in [2.05, 4.69) is 15.7 Å². The second-order valence-corrected chi connectivity index (χ2v) is 4.97. The molecule has 96 valence electrons. The number of hydrogen-bond donors (Lipinski definition) is 1. The highest BCUT2D eigenvalue weighted by Crippen LogP contribution is 2.21. The van der Waals surface area contributed by atoms with E-state index in [-0.39, 0.29) is 0 Å². The lowest BCUT2D eigenvalue weighted by molar-refractivity contribution is 0.716. The van der Waals surface area contributed by atoms with Crippen LogP contribution in [0.2, 0.25) is 0 Å². The van der Waals surface area contributed by atoms with E-state index < -0.39 is 0 Å². The number of thiocarbonyl (C=S) groups is 1. The van der Waals surface area contributed by atoms with Gasteiger partial charge in [-0.1, -0.05) is 24.4 Å². The first kappa shape index (κ1) is 11.9. The molecule has 0 radical (unpaired) electrons. The van der Waals surface area contributed by atoms with Crippen molar-refractivity contribution in [3.05, 3.63) is 54.0 Å². The summed E-state index contributed by atoms with van der Waals surface area (Å²) in [5, 5.41) is 5.48.